The summed E-state index contributed by atoms with van der Waals surface area (Å²) in [5.41, 5.74) is 1.27. The van der Waals surface area contributed by atoms with Crippen LogP contribution in [-0.4, -0.2) is 25.0 Å². The number of esters is 1. The molecule has 0 atom stereocenters. The fourth-order valence-corrected chi connectivity index (χ4v) is 3.65. The molecule has 2 aliphatic rings. The number of piperidine rings is 1. The summed E-state index contributed by atoms with van der Waals surface area (Å²) in [5.74, 6) is -1.79. The van der Waals surface area contributed by atoms with E-state index in [1.54, 1.807) is 12.1 Å². The largest absolute Gasteiger partial charge is 0.426 e. The Kier molecular flexibility index (Phi) is 5.43. The molecule has 4 rings (SSSR count). The number of fused-ring (bicyclic) bond motifs is 1. The van der Waals surface area contributed by atoms with Crippen molar-refractivity contribution in [2.75, 3.05) is 23.3 Å². The van der Waals surface area contributed by atoms with Crippen molar-refractivity contribution in [3.05, 3.63) is 65.0 Å². The number of amides is 1. The zero-order valence-electron chi connectivity index (χ0n) is 16.3. The predicted molar refractivity (Wildman–Crippen MR) is 105 cm³/mol. The van der Waals surface area contributed by atoms with Crippen LogP contribution in [0, 0.1) is 0 Å². The number of nitrogens with one attached hydrogen (secondary N) is 1. The number of benzene rings is 2. The number of halogens is 4. The molecule has 2 heterocycles. The molecule has 1 amide bonds. The van der Waals surface area contributed by atoms with Crippen LogP contribution in [0.5, 0.6) is 5.75 Å². The van der Waals surface area contributed by atoms with Gasteiger partial charge in [0, 0.05) is 36.1 Å². The van der Waals surface area contributed by atoms with E-state index in [9.17, 15) is 27.2 Å². The van der Waals surface area contributed by atoms with Crippen LogP contribution in [0.4, 0.5) is 28.9 Å². The van der Waals surface area contributed by atoms with Gasteiger partial charge in [-0.1, -0.05) is 6.07 Å². The third kappa shape index (κ3) is 4.55. The summed E-state index contributed by atoms with van der Waals surface area (Å²) in [6.45, 7) is 0.770. The minimum absolute atomic E-state index is 0.164. The van der Waals surface area contributed by atoms with Crippen LogP contribution < -0.4 is 15.0 Å². The highest BCUT2D eigenvalue weighted by atomic mass is 19.4. The maximum absolute atomic E-state index is 14.7. The van der Waals surface area contributed by atoms with E-state index in [1.807, 2.05) is 4.90 Å². The van der Waals surface area contributed by atoms with Crippen molar-refractivity contribution in [1.29, 1.82) is 0 Å². The van der Waals surface area contributed by atoms with Gasteiger partial charge < -0.3 is 15.0 Å². The lowest BCUT2D eigenvalue weighted by molar-refractivity contribution is -0.137. The Morgan fingerprint density at radius 3 is 2.35 bits per heavy atom. The zero-order chi connectivity index (χ0) is 22.2. The Bertz CT molecular complexity index is 1050. The molecule has 0 spiro atoms. The first-order valence-electron chi connectivity index (χ1n) is 9.65. The molecule has 1 fully saturated rings. The lowest BCUT2D eigenvalue weighted by Gasteiger charge is -2.30. The van der Waals surface area contributed by atoms with E-state index < -0.39 is 23.5 Å². The van der Waals surface area contributed by atoms with Crippen molar-refractivity contribution in [2.45, 2.75) is 25.4 Å². The van der Waals surface area contributed by atoms with Crippen LogP contribution in [0.3, 0.4) is 0 Å². The third-order valence-corrected chi connectivity index (χ3v) is 5.32. The van der Waals surface area contributed by atoms with Crippen molar-refractivity contribution in [3.8, 4) is 5.75 Å². The molecule has 162 valence electrons. The maximum Gasteiger partial charge on any atom is 0.416 e. The molecule has 0 aliphatic carbocycles. The van der Waals surface area contributed by atoms with Crippen LogP contribution >= 0.6 is 0 Å². The lowest BCUT2D eigenvalue weighted by Crippen LogP contribution is -2.31. The van der Waals surface area contributed by atoms with Gasteiger partial charge in [-0.15, -0.1) is 0 Å². The van der Waals surface area contributed by atoms with Crippen LogP contribution in [-0.2, 0) is 22.2 Å². The van der Waals surface area contributed by atoms with E-state index >= 15 is 0 Å². The van der Waals surface area contributed by atoms with E-state index in [-0.39, 0.29) is 25.2 Å². The number of nitrogens with zero attached hydrogens (tertiary/aromatic N) is 1. The van der Waals surface area contributed by atoms with Gasteiger partial charge in [0.25, 0.3) is 5.91 Å². The highest BCUT2D eigenvalue weighted by molar-refractivity contribution is 6.03. The van der Waals surface area contributed by atoms with Crippen molar-refractivity contribution in [2.24, 2.45) is 0 Å². The first-order valence-corrected chi connectivity index (χ1v) is 9.65. The van der Waals surface area contributed by atoms with Gasteiger partial charge in [-0.3, -0.25) is 9.59 Å². The molecule has 1 N–H and O–H groups in total. The van der Waals surface area contributed by atoms with Crippen molar-refractivity contribution in [3.63, 3.8) is 0 Å². The van der Waals surface area contributed by atoms with Crippen molar-refractivity contribution >= 4 is 23.3 Å². The number of alkyl halides is 3. The summed E-state index contributed by atoms with van der Waals surface area (Å²) in [7, 11) is 0. The average molecular weight is 434 g/mol. The van der Waals surface area contributed by atoms with Gasteiger partial charge in [-0.25, -0.2) is 4.39 Å². The minimum Gasteiger partial charge on any atom is -0.426 e. The second kappa shape index (κ2) is 8.05. The topological polar surface area (TPSA) is 58.6 Å². The number of hydrogen-bond donors (Lipinski definition) is 1. The highest BCUT2D eigenvalue weighted by Gasteiger charge is 2.30. The first-order chi connectivity index (χ1) is 14.7. The van der Waals surface area contributed by atoms with Gasteiger partial charge in [-0.2, -0.15) is 13.2 Å². The number of anilines is 2. The molecule has 0 radical (unpaired) electrons. The van der Waals surface area contributed by atoms with E-state index in [2.05, 4.69) is 5.32 Å². The summed E-state index contributed by atoms with van der Waals surface area (Å²) in [5, 5.41) is 2.46. The number of ether oxygens (including phenoxy) is 1. The van der Waals surface area contributed by atoms with E-state index in [0.717, 1.165) is 12.1 Å². The number of carbonyl (C=O) groups excluding carboxylic acids is 2. The lowest BCUT2D eigenvalue weighted by atomic mass is 10.0. The number of rotatable bonds is 3. The molecular formula is C22H18F4N2O3. The van der Waals surface area contributed by atoms with Gasteiger partial charge in [-0.05, 0) is 48.7 Å². The molecule has 0 aromatic heterocycles. The quantitative estimate of drug-likeness (QED) is 0.331. The minimum atomic E-state index is -4.40. The molecule has 0 bridgehead atoms. The summed E-state index contributed by atoms with van der Waals surface area (Å²) < 4.78 is 57.8. The van der Waals surface area contributed by atoms with E-state index in [4.69, 9.17) is 4.74 Å². The smallest absolute Gasteiger partial charge is 0.416 e. The van der Waals surface area contributed by atoms with Crippen molar-refractivity contribution < 1.29 is 31.9 Å². The molecule has 5 nitrogen and oxygen atoms in total. The summed E-state index contributed by atoms with van der Waals surface area (Å²) in [6, 6.07) is 9.50. The molecule has 2 aromatic carbocycles. The molecule has 9 heteroatoms. The third-order valence-electron chi connectivity index (χ3n) is 5.32. The second-order valence-corrected chi connectivity index (χ2v) is 7.38. The average Bonchev–Trinajstić information content (AvgIpc) is 3.12. The fraction of sp³-hybridized carbons (Fsp3) is 0.273. The Balaban J connectivity index is 1.38. The molecule has 0 saturated carbocycles. The second-order valence-electron chi connectivity index (χ2n) is 7.38. The normalized spacial score (nSPS) is 16.1. The van der Waals surface area contributed by atoms with Crippen molar-refractivity contribution in [1.82, 2.24) is 0 Å². The van der Waals surface area contributed by atoms with Gasteiger partial charge in [0.2, 0.25) is 0 Å². The van der Waals surface area contributed by atoms with Gasteiger partial charge in [0.05, 0.1) is 12.0 Å². The molecule has 1 saturated heterocycles. The predicted octanol–water partition coefficient (Wildman–Crippen LogP) is 4.63. The van der Waals surface area contributed by atoms with Gasteiger partial charge in [0.15, 0.2) is 5.83 Å². The molecular weight excluding hydrogens is 416 g/mol. The van der Waals surface area contributed by atoms with Gasteiger partial charge >= 0.3 is 12.1 Å². The summed E-state index contributed by atoms with van der Waals surface area (Å²) in [6.07, 6.45) is -3.67. The number of carbonyl (C=O) groups is 2. The zero-order valence-corrected chi connectivity index (χ0v) is 16.3. The summed E-state index contributed by atoms with van der Waals surface area (Å²) >= 11 is 0. The first kappa shape index (κ1) is 20.9. The van der Waals surface area contributed by atoms with Crippen LogP contribution in [0.1, 0.15) is 24.0 Å². The standard InChI is InChI=1S/C22H18F4N2O3/c23-20(21(30)27-16-4-1-14-11-19(29)31-18(14)12-16)13-7-9-28(10-8-13)17-5-2-15(3-6-17)22(24,25)26/h1-6,12H,7-11H2,(H,27,30). The highest BCUT2D eigenvalue weighted by Crippen LogP contribution is 2.32. The van der Waals surface area contributed by atoms with E-state index in [1.165, 1.54) is 18.2 Å². The maximum atomic E-state index is 14.7. The number of hydrogen-bond acceptors (Lipinski definition) is 4. The monoisotopic (exact) mass is 434 g/mol. The Morgan fingerprint density at radius 2 is 1.71 bits per heavy atom. The fourth-order valence-electron chi connectivity index (χ4n) is 3.65. The molecule has 0 unspecified atom stereocenters. The van der Waals surface area contributed by atoms with Crippen LogP contribution in [0.25, 0.3) is 0 Å². The Morgan fingerprint density at radius 1 is 1.03 bits per heavy atom. The van der Waals surface area contributed by atoms with Gasteiger partial charge in [0.1, 0.15) is 5.75 Å². The SMILES string of the molecule is O=C1Cc2ccc(NC(=O)C(F)=C3CCN(c4ccc(C(F)(F)F)cc4)CC3)cc2O1. The van der Waals surface area contributed by atoms with E-state index in [0.29, 0.717) is 41.4 Å². The Labute approximate surface area is 175 Å². The molecule has 2 aromatic rings. The van der Waals surface area contributed by atoms with Crippen LogP contribution in [0.15, 0.2) is 53.9 Å². The van der Waals surface area contributed by atoms with Crippen LogP contribution in [0.2, 0.25) is 0 Å². The summed E-state index contributed by atoms with van der Waals surface area (Å²) in [4.78, 5) is 25.4. The molecule has 2 aliphatic heterocycles. The molecule has 31 heavy (non-hydrogen) atoms. The Hall–Kier alpha value is -3.36.